The average Bonchev–Trinajstić information content (AvgIpc) is 3.26. The number of rotatable bonds is 51. The van der Waals surface area contributed by atoms with E-state index >= 15 is 0 Å². The lowest BCUT2D eigenvalue weighted by molar-refractivity contribution is -0.167. The Balaban J connectivity index is 4.15. The van der Waals surface area contributed by atoms with Gasteiger partial charge in [-0.3, -0.25) is 14.4 Å². The van der Waals surface area contributed by atoms with Crippen LogP contribution >= 0.6 is 0 Å². The number of ether oxygens (including phenoxy) is 3. The molecule has 1 unspecified atom stereocenters. The Morgan fingerprint density at radius 2 is 0.443 bits per heavy atom. The molecule has 0 saturated carbocycles. The van der Waals surface area contributed by atoms with Gasteiger partial charge in [0.25, 0.3) is 0 Å². The molecule has 0 aliphatic heterocycles. The van der Waals surface area contributed by atoms with Crippen molar-refractivity contribution in [1.29, 1.82) is 0 Å². The topological polar surface area (TPSA) is 78.9 Å². The molecule has 0 heterocycles. The second-order valence-electron chi connectivity index (χ2n) is 18.9. The number of unbranched alkanes of at least 4 members (excludes halogenated alkanes) is 40. The summed E-state index contributed by atoms with van der Waals surface area (Å²) in [5.74, 6) is -0.845. The van der Waals surface area contributed by atoms with Crippen molar-refractivity contribution in [3.05, 3.63) is 0 Å². The summed E-state index contributed by atoms with van der Waals surface area (Å²) >= 11 is 0. The molecule has 0 saturated heterocycles. The van der Waals surface area contributed by atoms with Crippen LogP contribution in [0.3, 0.4) is 0 Å². The van der Waals surface area contributed by atoms with Gasteiger partial charge in [0.05, 0.1) is 0 Å². The average molecular weight is 863 g/mol. The molecule has 0 N–H and O–H groups in total. The van der Waals surface area contributed by atoms with E-state index in [4.69, 9.17) is 14.2 Å². The van der Waals surface area contributed by atoms with Gasteiger partial charge in [-0.15, -0.1) is 0 Å². The Morgan fingerprint density at radius 1 is 0.262 bits per heavy atom. The monoisotopic (exact) mass is 863 g/mol. The molecule has 61 heavy (non-hydrogen) atoms. The smallest absolute Gasteiger partial charge is 0.306 e. The van der Waals surface area contributed by atoms with E-state index in [-0.39, 0.29) is 31.1 Å². The first-order chi connectivity index (χ1) is 30.0. The molecule has 6 heteroatoms. The minimum atomic E-state index is -0.759. The number of carbonyl (C=O) groups excluding carboxylic acids is 3. The molecule has 0 aromatic rings. The first-order valence-electron chi connectivity index (χ1n) is 27.5. The molecule has 0 aromatic heterocycles. The highest BCUT2D eigenvalue weighted by molar-refractivity contribution is 5.71. The summed E-state index contributed by atoms with van der Waals surface area (Å²) in [7, 11) is 0. The van der Waals surface area contributed by atoms with Gasteiger partial charge in [-0.05, 0) is 19.3 Å². The van der Waals surface area contributed by atoms with Gasteiger partial charge in [0.2, 0.25) is 0 Å². The fraction of sp³-hybridized carbons (Fsp3) is 0.945. The predicted molar refractivity (Wildman–Crippen MR) is 261 cm³/mol. The largest absolute Gasteiger partial charge is 0.462 e. The predicted octanol–water partition coefficient (Wildman–Crippen LogP) is 18.0. The summed E-state index contributed by atoms with van der Waals surface area (Å²) in [5.41, 5.74) is 0. The lowest BCUT2D eigenvalue weighted by Crippen LogP contribution is -2.30. The molecule has 0 rings (SSSR count). The molecule has 0 radical (unpaired) electrons. The molecule has 1 atom stereocenters. The molecule has 0 aliphatic rings. The van der Waals surface area contributed by atoms with Crippen LogP contribution < -0.4 is 0 Å². The third-order valence-electron chi connectivity index (χ3n) is 12.6. The molecule has 0 aliphatic carbocycles. The quantitative estimate of drug-likeness (QED) is 0.0344. The zero-order chi connectivity index (χ0) is 44.4. The van der Waals surface area contributed by atoms with Crippen LogP contribution in [0.2, 0.25) is 0 Å². The van der Waals surface area contributed by atoms with Gasteiger partial charge >= 0.3 is 17.9 Å². The highest BCUT2D eigenvalue weighted by Crippen LogP contribution is 2.17. The van der Waals surface area contributed by atoms with Crippen LogP contribution in [0.5, 0.6) is 0 Å². The van der Waals surface area contributed by atoms with E-state index in [0.717, 1.165) is 57.8 Å². The highest BCUT2D eigenvalue weighted by atomic mass is 16.6. The molecule has 0 aromatic carbocycles. The molecule has 0 amide bonds. The van der Waals surface area contributed by atoms with Crippen molar-refractivity contribution in [2.24, 2.45) is 0 Å². The summed E-state index contributed by atoms with van der Waals surface area (Å²) in [6.45, 7) is 6.66. The first-order valence-corrected chi connectivity index (χ1v) is 27.5. The van der Waals surface area contributed by atoms with Crippen molar-refractivity contribution in [2.45, 2.75) is 322 Å². The van der Waals surface area contributed by atoms with E-state index in [1.807, 2.05) is 0 Å². The summed E-state index contributed by atoms with van der Waals surface area (Å²) in [4.78, 5) is 37.9. The zero-order valence-electron chi connectivity index (χ0n) is 41.5. The minimum absolute atomic E-state index is 0.0620. The summed E-state index contributed by atoms with van der Waals surface area (Å²) < 4.78 is 16.8. The number of hydrogen-bond donors (Lipinski definition) is 0. The second-order valence-corrected chi connectivity index (χ2v) is 18.9. The molecule has 6 nitrogen and oxygen atoms in total. The van der Waals surface area contributed by atoms with Gasteiger partial charge < -0.3 is 14.2 Å². The third-order valence-corrected chi connectivity index (χ3v) is 12.6. The van der Waals surface area contributed by atoms with Crippen LogP contribution in [-0.4, -0.2) is 37.2 Å². The van der Waals surface area contributed by atoms with Crippen molar-refractivity contribution in [1.82, 2.24) is 0 Å². The van der Waals surface area contributed by atoms with Gasteiger partial charge in [-0.25, -0.2) is 0 Å². The maximum Gasteiger partial charge on any atom is 0.306 e. The van der Waals surface area contributed by atoms with E-state index in [0.29, 0.717) is 19.3 Å². The Morgan fingerprint density at radius 3 is 0.656 bits per heavy atom. The summed E-state index contributed by atoms with van der Waals surface area (Å²) in [6.07, 6.45) is 55.4. The van der Waals surface area contributed by atoms with Crippen molar-refractivity contribution >= 4 is 17.9 Å². The first kappa shape index (κ1) is 59.4. The Bertz CT molecular complexity index is 905. The molecule has 0 bridgehead atoms. The lowest BCUT2D eigenvalue weighted by Gasteiger charge is -2.18. The SMILES string of the molecule is CCCCCCCCCCCCCCCCCCCCCC(=O)OCC(COC(=O)CCCCCCCCC)OC(=O)CCCCCCCCCCCCCCCCCCC. The fourth-order valence-corrected chi connectivity index (χ4v) is 8.45. The van der Waals surface area contributed by atoms with E-state index in [1.165, 1.54) is 218 Å². The normalized spacial score (nSPS) is 11.9. The minimum Gasteiger partial charge on any atom is -0.462 e. The standard InChI is InChI=1S/C55H106O6/c1-4-7-10-13-16-18-20-22-24-26-27-29-30-32-34-36-39-42-45-48-54(57)60-51-52(50-59-53(56)47-44-41-38-15-12-9-6-3)61-55(58)49-46-43-40-37-35-33-31-28-25-23-21-19-17-14-11-8-5-2/h52H,4-51H2,1-3H3. The van der Waals surface area contributed by atoms with E-state index in [2.05, 4.69) is 20.8 Å². The van der Waals surface area contributed by atoms with Crippen LogP contribution in [0.25, 0.3) is 0 Å². The van der Waals surface area contributed by atoms with E-state index in [1.54, 1.807) is 0 Å². The maximum absolute atomic E-state index is 12.8. The Hall–Kier alpha value is -1.59. The lowest BCUT2D eigenvalue weighted by atomic mass is 10.0. The van der Waals surface area contributed by atoms with Crippen LogP contribution in [-0.2, 0) is 28.6 Å². The van der Waals surface area contributed by atoms with Crippen molar-refractivity contribution in [2.75, 3.05) is 13.2 Å². The molecule has 362 valence electrons. The Labute approximate surface area is 380 Å². The van der Waals surface area contributed by atoms with E-state index < -0.39 is 6.10 Å². The number of carbonyl (C=O) groups is 3. The van der Waals surface area contributed by atoms with Gasteiger partial charge in [0, 0.05) is 19.3 Å². The van der Waals surface area contributed by atoms with Crippen molar-refractivity contribution in [3.8, 4) is 0 Å². The van der Waals surface area contributed by atoms with Crippen LogP contribution in [0.4, 0.5) is 0 Å². The number of esters is 3. The van der Waals surface area contributed by atoms with Crippen molar-refractivity contribution in [3.63, 3.8) is 0 Å². The molecular weight excluding hydrogens is 757 g/mol. The zero-order valence-corrected chi connectivity index (χ0v) is 41.5. The van der Waals surface area contributed by atoms with Crippen LogP contribution in [0.1, 0.15) is 316 Å². The summed E-state index contributed by atoms with van der Waals surface area (Å²) in [6, 6.07) is 0. The van der Waals surface area contributed by atoms with Crippen LogP contribution in [0.15, 0.2) is 0 Å². The molecule has 0 spiro atoms. The Kier molecular flexibility index (Phi) is 49.7. The highest BCUT2D eigenvalue weighted by Gasteiger charge is 2.19. The van der Waals surface area contributed by atoms with Gasteiger partial charge in [-0.1, -0.05) is 278 Å². The van der Waals surface area contributed by atoms with Gasteiger partial charge in [0.15, 0.2) is 6.10 Å². The molecular formula is C55H106O6. The summed E-state index contributed by atoms with van der Waals surface area (Å²) in [5, 5.41) is 0. The third kappa shape index (κ3) is 49.3. The van der Waals surface area contributed by atoms with Gasteiger partial charge in [0.1, 0.15) is 13.2 Å². The fourth-order valence-electron chi connectivity index (χ4n) is 8.45. The van der Waals surface area contributed by atoms with Gasteiger partial charge in [-0.2, -0.15) is 0 Å². The maximum atomic E-state index is 12.8. The van der Waals surface area contributed by atoms with E-state index in [9.17, 15) is 14.4 Å². The second kappa shape index (κ2) is 51.0. The van der Waals surface area contributed by atoms with Crippen LogP contribution in [0, 0.1) is 0 Å². The molecule has 0 fully saturated rings. The number of hydrogen-bond acceptors (Lipinski definition) is 6. The van der Waals surface area contributed by atoms with Crippen molar-refractivity contribution < 1.29 is 28.6 Å².